The molecule has 1 aliphatic carbocycles. The first-order chi connectivity index (χ1) is 14.5. The van der Waals surface area contributed by atoms with Gasteiger partial charge >= 0.3 is 0 Å². The van der Waals surface area contributed by atoms with Crippen molar-refractivity contribution in [3.63, 3.8) is 0 Å². The Morgan fingerprint density at radius 1 is 1.00 bits per heavy atom. The molecule has 0 atom stereocenters. The monoisotopic (exact) mass is 419 g/mol. The number of para-hydroxylation sites is 1. The molecule has 2 heterocycles. The molecule has 1 amide bonds. The summed E-state index contributed by atoms with van der Waals surface area (Å²) in [6.07, 6.45) is 8.20. The summed E-state index contributed by atoms with van der Waals surface area (Å²) in [6, 6.07) is 13.4. The summed E-state index contributed by atoms with van der Waals surface area (Å²) < 4.78 is 28.3. The molecule has 30 heavy (non-hydrogen) atoms. The number of anilines is 2. The summed E-state index contributed by atoms with van der Waals surface area (Å²) in [5, 5.41) is 2.83. The number of H-pyrrole nitrogens is 1. The van der Waals surface area contributed by atoms with Crippen molar-refractivity contribution >= 4 is 39.0 Å². The van der Waals surface area contributed by atoms with E-state index in [0.717, 1.165) is 25.0 Å². The van der Waals surface area contributed by atoms with Crippen molar-refractivity contribution in [2.24, 2.45) is 0 Å². The molecule has 3 aromatic rings. The van der Waals surface area contributed by atoms with Crippen molar-refractivity contribution < 1.29 is 13.2 Å². The zero-order valence-corrected chi connectivity index (χ0v) is 17.1. The van der Waals surface area contributed by atoms with Gasteiger partial charge in [-0.2, -0.15) is 0 Å². The lowest BCUT2D eigenvalue weighted by atomic mass is 9.93. The predicted octanol–water partition coefficient (Wildman–Crippen LogP) is 4.19. The van der Waals surface area contributed by atoms with Gasteiger partial charge in [0.1, 0.15) is 0 Å². The van der Waals surface area contributed by atoms with Gasteiger partial charge in [0.15, 0.2) is 0 Å². The Kier molecular flexibility index (Phi) is 4.47. The second-order valence-corrected chi connectivity index (χ2v) is 9.29. The fourth-order valence-electron chi connectivity index (χ4n) is 4.12. The van der Waals surface area contributed by atoms with Crippen LogP contribution in [0.4, 0.5) is 11.4 Å². The molecule has 2 aliphatic rings. The third-order valence-corrected chi connectivity index (χ3v) is 7.02. The van der Waals surface area contributed by atoms with E-state index in [2.05, 4.69) is 15.0 Å². The van der Waals surface area contributed by atoms with Gasteiger partial charge in [-0.1, -0.05) is 18.2 Å². The normalized spacial score (nSPS) is 16.8. The topological polar surface area (TPSA) is 91.1 Å². The third kappa shape index (κ3) is 3.31. The van der Waals surface area contributed by atoms with Crippen LogP contribution >= 0.6 is 0 Å². The number of hydrogen-bond donors (Lipinski definition) is 3. The molecular formula is C23H21N3O3S. The summed E-state index contributed by atoms with van der Waals surface area (Å²) in [5.74, 6) is -0.227. The average Bonchev–Trinajstić information content (AvgIpc) is 3.29. The van der Waals surface area contributed by atoms with Crippen LogP contribution in [0.1, 0.15) is 35.2 Å². The first kappa shape index (κ1) is 18.7. The predicted molar refractivity (Wildman–Crippen MR) is 118 cm³/mol. The molecule has 7 heteroatoms. The van der Waals surface area contributed by atoms with E-state index in [0.29, 0.717) is 22.5 Å². The van der Waals surface area contributed by atoms with Gasteiger partial charge in [0.2, 0.25) is 0 Å². The second kappa shape index (κ2) is 7.18. The van der Waals surface area contributed by atoms with E-state index in [1.54, 1.807) is 36.4 Å². The first-order valence-corrected chi connectivity index (χ1v) is 11.4. The lowest BCUT2D eigenvalue weighted by Crippen LogP contribution is -2.13. The van der Waals surface area contributed by atoms with Crippen molar-refractivity contribution in [1.82, 2.24) is 4.98 Å². The maximum atomic E-state index is 12.9. The number of carbonyl (C=O) groups is 1. The Balaban J connectivity index is 1.53. The molecule has 152 valence electrons. The molecule has 0 radical (unpaired) electrons. The Bertz CT molecular complexity index is 1270. The van der Waals surface area contributed by atoms with E-state index in [1.165, 1.54) is 23.6 Å². The molecule has 5 rings (SSSR count). The molecule has 1 aliphatic heterocycles. The quantitative estimate of drug-likeness (QED) is 0.554. The number of aromatic amines is 1. The van der Waals surface area contributed by atoms with Gasteiger partial charge in [-0.15, -0.1) is 0 Å². The Morgan fingerprint density at radius 3 is 2.63 bits per heavy atom. The molecule has 6 nitrogen and oxygen atoms in total. The van der Waals surface area contributed by atoms with Crippen LogP contribution in [0.5, 0.6) is 0 Å². The van der Waals surface area contributed by atoms with Gasteiger partial charge in [0.05, 0.1) is 10.5 Å². The highest BCUT2D eigenvalue weighted by Crippen LogP contribution is 2.36. The molecular weight excluding hydrogens is 398 g/mol. The van der Waals surface area contributed by atoms with Crippen molar-refractivity contribution in [2.45, 2.75) is 30.6 Å². The number of amides is 1. The van der Waals surface area contributed by atoms with Crippen LogP contribution in [0.3, 0.4) is 0 Å². The Labute approximate surface area is 175 Å². The van der Waals surface area contributed by atoms with Crippen LogP contribution in [0.2, 0.25) is 0 Å². The van der Waals surface area contributed by atoms with Crippen molar-refractivity contribution in [3.8, 4) is 0 Å². The van der Waals surface area contributed by atoms with Gasteiger partial charge in [-0.25, -0.2) is 8.42 Å². The fraction of sp³-hybridized carbons (Fsp3) is 0.174. The average molecular weight is 420 g/mol. The van der Waals surface area contributed by atoms with E-state index in [-0.39, 0.29) is 10.8 Å². The van der Waals surface area contributed by atoms with Crippen LogP contribution < -0.4 is 10.0 Å². The van der Waals surface area contributed by atoms with E-state index in [9.17, 15) is 13.2 Å². The van der Waals surface area contributed by atoms with Crippen LogP contribution in [-0.4, -0.2) is 19.3 Å². The molecule has 0 spiro atoms. The third-order valence-electron chi connectivity index (χ3n) is 5.64. The lowest BCUT2D eigenvalue weighted by Gasteiger charge is -2.11. The summed E-state index contributed by atoms with van der Waals surface area (Å²) in [7, 11) is -3.78. The highest BCUT2D eigenvalue weighted by molar-refractivity contribution is 7.92. The standard InChI is InChI=1S/C23H21N3O3S/c27-23-20(13-22-18-9-5-4-6-15(18)14-24-22)19-12-17(10-11-21(19)25-23)30(28,29)26-16-7-2-1-3-8-16/h1-3,7-8,10-14,24,26H,4-6,9H2,(H,25,27). The number of hydrogen-bond acceptors (Lipinski definition) is 3. The molecule has 0 fully saturated rings. The Morgan fingerprint density at radius 2 is 1.80 bits per heavy atom. The highest BCUT2D eigenvalue weighted by atomic mass is 32.2. The number of benzene rings is 2. The molecule has 0 saturated carbocycles. The van der Waals surface area contributed by atoms with E-state index >= 15 is 0 Å². The number of aromatic nitrogens is 1. The first-order valence-electron chi connectivity index (χ1n) is 9.96. The van der Waals surface area contributed by atoms with Crippen LogP contribution in [0.25, 0.3) is 11.6 Å². The maximum absolute atomic E-state index is 12.9. The maximum Gasteiger partial charge on any atom is 0.261 e. The molecule has 0 bridgehead atoms. The van der Waals surface area contributed by atoms with Crippen molar-refractivity contribution in [2.75, 3.05) is 10.0 Å². The second-order valence-electron chi connectivity index (χ2n) is 7.60. The number of rotatable bonds is 4. The largest absolute Gasteiger partial charge is 0.361 e. The van der Waals surface area contributed by atoms with Crippen molar-refractivity contribution in [3.05, 3.63) is 77.1 Å². The Hall–Kier alpha value is -3.32. The van der Waals surface area contributed by atoms with E-state index in [1.807, 2.05) is 18.3 Å². The minimum absolute atomic E-state index is 0.112. The zero-order valence-electron chi connectivity index (χ0n) is 16.2. The lowest BCUT2D eigenvalue weighted by molar-refractivity contribution is -0.110. The van der Waals surface area contributed by atoms with Gasteiger partial charge in [-0.05, 0) is 73.2 Å². The summed E-state index contributed by atoms with van der Waals surface area (Å²) in [6.45, 7) is 0. The molecule has 0 unspecified atom stereocenters. The van der Waals surface area contributed by atoms with Gasteiger partial charge in [0, 0.05) is 28.8 Å². The molecule has 0 saturated heterocycles. The number of fused-ring (bicyclic) bond motifs is 2. The van der Waals surface area contributed by atoms with Crippen LogP contribution in [0, 0.1) is 0 Å². The van der Waals surface area contributed by atoms with Gasteiger partial charge < -0.3 is 10.3 Å². The smallest absolute Gasteiger partial charge is 0.261 e. The van der Waals surface area contributed by atoms with Gasteiger partial charge in [0.25, 0.3) is 15.9 Å². The van der Waals surface area contributed by atoms with Crippen LogP contribution in [-0.2, 0) is 27.7 Å². The van der Waals surface area contributed by atoms with Crippen molar-refractivity contribution in [1.29, 1.82) is 0 Å². The number of aryl methyl sites for hydroxylation is 1. The number of sulfonamides is 1. The highest BCUT2D eigenvalue weighted by Gasteiger charge is 2.27. The molecule has 2 aromatic carbocycles. The number of carbonyl (C=O) groups excluding carboxylic acids is 1. The minimum Gasteiger partial charge on any atom is -0.361 e. The SMILES string of the molecule is O=C1Nc2ccc(S(=O)(=O)Nc3ccccc3)cc2C1=Cc1[nH]cc2c1CCCC2. The zero-order chi connectivity index (χ0) is 20.7. The molecule has 1 aromatic heterocycles. The minimum atomic E-state index is -3.78. The fourth-order valence-corrected chi connectivity index (χ4v) is 5.20. The van der Waals surface area contributed by atoms with E-state index in [4.69, 9.17) is 0 Å². The summed E-state index contributed by atoms with van der Waals surface area (Å²) >= 11 is 0. The van der Waals surface area contributed by atoms with Gasteiger partial charge in [-0.3, -0.25) is 9.52 Å². The van der Waals surface area contributed by atoms with E-state index < -0.39 is 10.0 Å². The summed E-state index contributed by atoms with van der Waals surface area (Å²) in [4.78, 5) is 16.0. The molecule has 3 N–H and O–H groups in total. The van der Waals surface area contributed by atoms with Crippen LogP contribution in [0.15, 0.2) is 59.6 Å². The summed E-state index contributed by atoms with van der Waals surface area (Å²) in [5.41, 5.74) is 5.65. The number of nitrogens with one attached hydrogen (secondary N) is 3.